The van der Waals surface area contributed by atoms with E-state index in [0.717, 1.165) is 17.1 Å². The second-order valence-corrected chi connectivity index (χ2v) is 5.25. The Labute approximate surface area is 130 Å². The van der Waals surface area contributed by atoms with Crippen molar-refractivity contribution in [3.05, 3.63) is 48.0 Å². The van der Waals surface area contributed by atoms with Crippen molar-refractivity contribution in [1.82, 2.24) is 14.9 Å². The number of ether oxygens (including phenoxy) is 1. The number of carbonyl (C=O) groups is 1. The first kappa shape index (κ1) is 16.0. The molecule has 0 fully saturated rings. The Hall–Kier alpha value is -2.34. The van der Waals surface area contributed by atoms with E-state index < -0.39 is 0 Å². The first-order valence-corrected chi connectivity index (χ1v) is 7.18. The molecule has 6 heteroatoms. The van der Waals surface area contributed by atoms with Crippen LogP contribution in [0.15, 0.2) is 36.7 Å². The van der Waals surface area contributed by atoms with E-state index in [2.05, 4.69) is 10.3 Å². The summed E-state index contributed by atoms with van der Waals surface area (Å²) in [5.74, 6) is 1.19. The Balaban J connectivity index is 2.32. The first-order chi connectivity index (χ1) is 10.6. The van der Waals surface area contributed by atoms with Crippen molar-refractivity contribution in [3.63, 3.8) is 0 Å². The van der Waals surface area contributed by atoms with Crippen LogP contribution in [0.25, 0.3) is 0 Å². The Bertz CT molecular complexity index is 621. The van der Waals surface area contributed by atoms with Crippen LogP contribution < -0.4 is 15.8 Å². The minimum absolute atomic E-state index is 0.0914. The SMILES string of the molecule is COc1ccc(C(NC(=O)C(C)CN)c2nccn2C)cc1. The van der Waals surface area contributed by atoms with E-state index in [9.17, 15) is 4.79 Å². The largest absolute Gasteiger partial charge is 0.497 e. The Morgan fingerprint density at radius 3 is 2.59 bits per heavy atom. The van der Waals surface area contributed by atoms with Crippen LogP contribution in [-0.2, 0) is 11.8 Å². The molecule has 1 heterocycles. The second-order valence-electron chi connectivity index (χ2n) is 5.25. The van der Waals surface area contributed by atoms with Gasteiger partial charge in [0.25, 0.3) is 0 Å². The maximum atomic E-state index is 12.2. The predicted molar refractivity (Wildman–Crippen MR) is 84.4 cm³/mol. The van der Waals surface area contributed by atoms with Gasteiger partial charge >= 0.3 is 0 Å². The van der Waals surface area contributed by atoms with Gasteiger partial charge in [-0.1, -0.05) is 19.1 Å². The Morgan fingerprint density at radius 1 is 1.41 bits per heavy atom. The summed E-state index contributed by atoms with van der Waals surface area (Å²) in [7, 11) is 3.52. The molecule has 0 aliphatic rings. The zero-order chi connectivity index (χ0) is 16.1. The lowest BCUT2D eigenvalue weighted by Gasteiger charge is -2.21. The number of hydrogen-bond acceptors (Lipinski definition) is 4. The monoisotopic (exact) mass is 302 g/mol. The van der Waals surface area contributed by atoms with Gasteiger partial charge in [0.15, 0.2) is 0 Å². The van der Waals surface area contributed by atoms with Crippen LogP contribution in [0.1, 0.15) is 24.4 Å². The highest BCUT2D eigenvalue weighted by atomic mass is 16.5. The molecule has 2 aromatic rings. The molecule has 1 aromatic heterocycles. The molecule has 0 radical (unpaired) electrons. The van der Waals surface area contributed by atoms with E-state index in [1.807, 2.05) is 42.1 Å². The van der Waals surface area contributed by atoms with Crippen LogP contribution in [0, 0.1) is 5.92 Å². The maximum absolute atomic E-state index is 12.2. The van der Waals surface area contributed by atoms with Gasteiger partial charge in [0.2, 0.25) is 5.91 Å². The van der Waals surface area contributed by atoms with Gasteiger partial charge in [-0.15, -0.1) is 0 Å². The summed E-state index contributed by atoms with van der Waals surface area (Å²) in [5, 5.41) is 3.02. The molecule has 2 unspecified atom stereocenters. The van der Waals surface area contributed by atoms with Gasteiger partial charge in [-0.2, -0.15) is 0 Å². The van der Waals surface area contributed by atoms with Crippen molar-refractivity contribution in [1.29, 1.82) is 0 Å². The molecular weight excluding hydrogens is 280 g/mol. The van der Waals surface area contributed by atoms with Gasteiger partial charge in [0.05, 0.1) is 7.11 Å². The lowest BCUT2D eigenvalue weighted by atomic mass is 10.0. The number of aryl methyl sites for hydroxylation is 1. The number of aromatic nitrogens is 2. The molecule has 0 saturated carbocycles. The molecule has 0 saturated heterocycles. The minimum atomic E-state index is -0.326. The van der Waals surface area contributed by atoms with Gasteiger partial charge in [0.1, 0.15) is 17.6 Å². The topological polar surface area (TPSA) is 82.2 Å². The van der Waals surface area contributed by atoms with E-state index in [-0.39, 0.29) is 17.9 Å². The van der Waals surface area contributed by atoms with Crippen LogP contribution in [0.3, 0.4) is 0 Å². The van der Waals surface area contributed by atoms with Crippen molar-refractivity contribution < 1.29 is 9.53 Å². The number of nitrogens with two attached hydrogens (primary N) is 1. The summed E-state index contributed by atoms with van der Waals surface area (Å²) < 4.78 is 7.07. The zero-order valence-corrected chi connectivity index (χ0v) is 13.1. The summed E-state index contributed by atoms with van der Waals surface area (Å²) >= 11 is 0. The van der Waals surface area contributed by atoms with Crippen LogP contribution >= 0.6 is 0 Å². The third-order valence-electron chi connectivity index (χ3n) is 3.65. The van der Waals surface area contributed by atoms with E-state index >= 15 is 0 Å². The number of amides is 1. The first-order valence-electron chi connectivity index (χ1n) is 7.18. The van der Waals surface area contributed by atoms with Crippen molar-refractivity contribution >= 4 is 5.91 Å². The highest BCUT2D eigenvalue weighted by Crippen LogP contribution is 2.23. The van der Waals surface area contributed by atoms with Crippen LogP contribution in [0.2, 0.25) is 0 Å². The average Bonchev–Trinajstić information content (AvgIpc) is 2.97. The van der Waals surface area contributed by atoms with Gasteiger partial charge in [-0.3, -0.25) is 4.79 Å². The standard InChI is InChI=1S/C16H22N4O2/c1-11(10-17)16(21)19-14(15-18-8-9-20(15)2)12-4-6-13(22-3)7-5-12/h4-9,11,14H,10,17H2,1-3H3,(H,19,21). The van der Waals surface area contributed by atoms with Crippen LogP contribution in [0.4, 0.5) is 0 Å². The summed E-state index contributed by atoms with van der Waals surface area (Å²) in [6.45, 7) is 2.11. The summed E-state index contributed by atoms with van der Waals surface area (Å²) in [4.78, 5) is 16.6. The third-order valence-corrected chi connectivity index (χ3v) is 3.65. The quantitative estimate of drug-likeness (QED) is 0.841. The highest BCUT2D eigenvalue weighted by molar-refractivity contribution is 5.79. The maximum Gasteiger partial charge on any atom is 0.224 e. The van der Waals surface area contributed by atoms with E-state index in [0.29, 0.717) is 6.54 Å². The molecule has 1 aromatic carbocycles. The molecule has 0 spiro atoms. The lowest BCUT2D eigenvalue weighted by molar-refractivity contribution is -0.124. The van der Waals surface area contributed by atoms with Gasteiger partial charge in [0, 0.05) is 31.9 Å². The summed E-state index contributed by atoms with van der Waals surface area (Å²) in [6.07, 6.45) is 3.56. The lowest BCUT2D eigenvalue weighted by Crippen LogP contribution is -2.37. The number of benzene rings is 1. The zero-order valence-electron chi connectivity index (χ0n) is 13.1. The van der Waals surface area contributed by atoms with Crippen molar-refractivity contribution in [2.75, 3.05) is 13.7 Å². The minimum Gasteiger partial charge on any atom is -0.497 e. The molecule has 3 N–H and O–H groups in total. The Kier molecular flexibility index (Phi) is 5.16. The molecule has 0 aliphatic heterocycles. The van der Waals surface area contributed by atoms with Crippen LogP contribution in [-0.4, -0.2) is 29.1 Å². The molecule has 2 atom stereocenters. The van der Waals surface area contributed by atoms with Crippen molar-refractivity contribution in [3.8, 4) is 5.75 Å². The number of methoxy groups -OCH3 is 1. The van der Waals surface area contributed by atoms with Crippen molar-refractivity contribution in [2.24, 2.45) is 18.7 Å². The average molecular weight is 302 g/mol. The fourth-order valence-electron chi connectivity index (χ4n) is 2.14. The molecule has 118 valence electrons. The fourth-order valence-corrected chi connectivity index (χ4v) is 2.14. The van der Waals surface area contributed by atoms with Gasteiger partial charge in [-0.05, 0) is 17.7 Å². The number of rotatable bonds is 6. The fraction of sp³-hybridized carbons (Fsp3) is 0.375. The third kappa shape index (κ3) is 3.46. The van der Waals surface area contributed by atoms with E-state index in [4.69, 9.17) is 10.5 Å². The normalized spacial score (nSPS) is 13.5. The number of hydrogen-bond donors (Lipinski definition) is 2. The smallest absolute Gasteiger partial charge is 0.224 e. The molecule has 2 rings (SSSR count). The molecule has 22 heavy (non-hydrogen) atoms. The predicted octanol–water partition coefficient (Wildman–Crippen LogP) is 1.23. The van der Waals surface area contributed by atoms with Crippen molar-refractivity contribution in [2.45, 2.75) is 13.0 Å². The van der Waals surface area contributed by atoms with Crippen LogP contribution in [0.5, 0.6) is 5.75 Å². The van der Waals surface area contributed by atoms with E-state index in [1.165, 1.54) is 0 Å². The summed E-state index contributed by atoms with van der Waals surface area (Å²) in [5.41, 5.74) is 6.51. The summed E-state index contributed by atoms with van der Waals surface area (Å²) in [6, 6.07) is 7.25. The number of carbonyl (C=O) groups excluding carboxylic acids is 1. The second kappa shape index (κ2) is 7.09. The highest BCUT2D eigenvalue weighted by Gasteiger charge is 2.22. The van der Waals surface area contributed by atoms with Gasteiger partial charge < -0.3 is 20.4 Å². The number of nitrogens with zero attached hydrogens (tertiary/aromatic N) is 2. The van der Waals surface area contributed by atoms with Gasteiger partial charge in [-0.25, -0.2) is 4.98 Å². The molecule has 6 nitrogen and oxygen atoms in total. The van der Waals surface area contributed by atoms with E-state index in [1.54, 1.807) is 20.2 Å². The number of nitrogens with one attached hydrogen (secondary N) is 1. The molecular formula is C16H22N4O2. The molecule has 0 bridgehead atoms. The molecule has 0 aliphatic carbocycles. The Morgan fingerprint density at radius 2 is 2.09 bits per heavy atom. The molecule has 1 amide bonds. The number of imidazole rings is 1.